The molecule has 1 aliphatic rings. The molecule has 0 radical (unpaired) electrons. The highest BCUT2D eigenvalue weighted by Crippen LogP contribution is 2.27. The molecule has 1 saturated heterocycles. The van der Waals surface area contributed by atoms with E-state index in [1.807, 2.05) is 25.1 Å². The van der Waals surface area contributed by atoms with Gasteiger partial charge in [-0.15, -0.1) is 13.2 Å². The Morgan fingerprint density at radius 1 is 1.16 bits per heavy atom. The van der Waals surface area contributed by atoms with Gasteiger partial charge in [-0.25, -0.2) is 9.28 Å². The topological polar surface area (TPSA) is 140 Å². The lowest BCUT2D eigenvalue weighted by Gasteiger charge is -2.26. The molecule has 1 aliphatic heterocycles. The number of likely N-dealkylation sites (tertiary alicyclic amines) is 1. The van der Waals surface area contributed by atoms with Crippen molar-refractivity contribution in [2.75, 3.05) is 39.5 Å². The van der Waals surface area contributed by atoms with Crippen LogP contribution in [0, 0.1) is 6.92 Å². The van der Waals surface area contributed by atoms with Gasteiger partial charge in [0.15, 0.2) is 0 Å². The first-order valence-corrected chi connectivity index (χ1v) is 11.8. The second kappa shape index (κ2) is 11.3. The number of ether oxygens (including phenoxy) is 1. The third-order valence-electron chi connectivity index (χ3n) is 6.38. The molecule has 38 heavy (non-hydrogen) atoms. The van der Waals surface area contributed by atoms with Crippen LogP contribution in [0.1, 0.15) is 27.9 Å². The fraction of sp³-hybridized carbons (Fsp3) is 0.400. The lowest BCUT2D eigenvalue weighted by Crippen LogP contribution is -2.50. The van der Waals surface area contributed by atoms with Crippen LogP contribution in [-0.2, 0) is 11.3 Å². The maximum atomic E-state index is 12.5. The van der Waals surface area contributed by atoms with E-state index in [4.69, 9.17) is 11.5 Å². The van der Waals surface area contributed by atoms with Gasteiger partial charge in [-0.1, -0.05) is 12.1 Å². The smallest absolute Gasteiger partial charge is 0.406 e. The molecule has 6 N–H and O–H groups in total. The fourth-order valence-corrected chi connectivity index (χ4v) is 4.29. The number of urea groups is 1. The molecule has 3 rings (SSSR count). The van der Waals surface area contributed by atoms with Crippen molar-refractivity contribution in [3.05, 3.63) is 53.1 Å². The van der Waals surface area contributed by atoms with Crippen molar-refractivity contribution in [1.29, 1.82) is 0 Å². The Morgan fingerprint density at radius 2 is 1.87 bits per heavy atom. The second-order valence-electron chi connectivity index (χ2n) is 9.68. The number of primary amides is 1. The van der Waals surface area contributed by atoms with Crippen LogP contribution in [0.4, 0.5) is 29.3 Å². The average Bonchev–Trinajstić information content (AvgIpc) is 3.25. The van der Waals surface area contributed by atoms with Gasteiger partial charge in [0.05, 0.1) is 26.2 Å². The van der Waals surface area contributed by atoms with E-state index in [0.717, 1.165) is 41.6 Å². The number of nitrogen functional groups attached to an aromatic ring is 1. The molecule has 0 aromatic heterocycles. The van der Waals surface area contributed by atoms with Crippen molar-refractivity contribution >= 4 is 29.2 Å². The van der Waals surface area contributed by atoms with Gasteiger partial charge < -0.3 is 26.8 Å². The van der Waals surface area contributed by atoms with Gasteiger partial charge in [-0.3, -0.25) is 14.5 Å². The average molecular weight is 538 g/mol. The van der Waals surface area contributed by atoms with Crippen molar-refractivity contribution in [2.24, 2.45) is 5.73 Å². The van der Waals surface area contributed by atoms with Crippen LogP contribution < -0.4 is 31.3 Å². The van der Waals surface area contributed by atoms with Crippen molar-refractivity contribution in [1.82, 2.24) is 20.0 Å². The molecule has 0 bridgehead atoms. The summed E-state index contributed by atoms with van der Waals surface area (Å²) in [6.45, 7) is 3.48. The zero-order valence-electron chi connectivity index (χ0n) is 21.4. The molecule has 13 heteroatoms. The predicted octanol–water partition coefficient (Wildman–Crippen LogP) is 2.24. The predicted molar refractivity (Wildman–Crippen MR) is 136 cm³/mol. The molecule has 0 saturated carbocycles. The van der Waals surface area contributed by atoms with E-state index in [-0.39, 0.29) is 28.3 Å². The molecule has 206 valence electrons. The largest absolute Gasteiger partial charge is 0.573 e. The number of hydrogen-bond donors (Lipinski definition) is 4. The standard InChI is InChI=1S/C25H31F3N6O4/c1-15-4-5-16(10-21(15)34(2,3)24(30)37)13-33-9-8-17(14-33)32-22(35)12-31-23(36)19-11-18(6-7-20(19)29)38-25(26,27)28/h4-7,10-11,17H,8-9,12-14H2,1-3H3,(H5-,29,30,31,32,35,36,37)/p+1/t17-/m1/s1. The minimum Gasteiger partial charge on any atom is -0.406 e. The van der Waals surface area contributed by atoms with Crippen LogP contribution in [-0.4, -0.2) is 68.9 Å². The van der Waals surface area contributed by atoms with Crippen LogP contribution in [0.2, 0.25) is 0 Å². The van der Waals surface area contributed by atoms with Crippen LogP contribution in [0.5, 0.6) is 5.75 Å². The number of nitrogens with zero attached hydrogens (tertiary/aromatic N) is 2. The summed E-state index contributed by atoms with van der Waals surface area (Å²) in [6, 6.07) is 8.27. The van der Waals surface area contributed by atoms with E-state index in [1.54, 1.807) is 14.1 Å². The quantitative estimate of drug-likeness (QED) is 0.301. The lowest BCUT2D eigenvalue weighted by atomic mass is 10.1. The summed E-state index contributed by atoms with van der Waals surface area (Å²) in [6.07, 6.45) is -4.22. The highest BCUT2D eigenvalue weighted by Gasteiger charge is 2.32. The Bertz CT molecular complexity index is 1220. The first kappa shape index (κ1) is 28.7. The summed E-state index contributed by atoms with van der Waals surface area (Å²) in [4.78, 5) is 38.9. The number of nitrogens with one attached hydrogen (secondary N) is 2. The number of rotatable bonds is 8. The van der Waals surface area contributed by atoms with E-state index in [1.165, 1.54) is 0 Å². The number of aryl methyl sites for hydroxylation is 1. The van der Waals surface area contributed by atoms with Crippen LogP contribution in [0.15, 0.2) is 36.4 Å². The Morgan fingerprint density at radius 3 is 2.53 bits per heavy atom. The van der Waals surface area contributed by atoms with Gasteiger partial charge in [-0.2, -0.15) is 0 Å². The van der Waals surface area contributed by atoms with Crippen molar-refractivity contribution < 1.29 is 32.3 Å². The minimum atomic E-state index is -4.92. The first-order chi connectivity index (χ1) is 17.7. The number of halogens is 3. The van der Waals surface area contributed by atoms with Gasteiger partial charge in [0, 0.05) is 43.0 Å². The number of benzene rings is 2. The number of anilines is 1. The van der Waals surface area contributed by atoms with Gasteiger partial charge in [-0.05, 0) is 37.1 Å². The summed E-state index contributed by atoms with van der Waals surface area (Å²) >= 11 is 0. The van der Waals surface area contributed by atoms with Crippen molar-refractivity contribution in [3.63, 3.8) is 0 Å². The van der Waals surface area contributed by atoms with Crippen LogP contribution >= 0.6 is 0 Å². The maximum Gasteiger partial charge on any atom is 0.573 e. The first-order valence-electron chi connectivity index (χ1n) is 11.8. The third-order valence-corrected chi connectivity index (χ3v) is 6.38. The Balaban J connectivity index is 1.52. The van der Waals surface area contributed by atoms with E-state index in [2.05, 4.69) is 20.3 Å². The number of alkyl halides is 3. The summed E-state index contributed by atoms with van der Waals surface area (Å²) in [5.41, 5.74) is 13.7. The van der Waals surface area contributed by atoms with E-state index in [0.29, 0.717) is 19.5 Å². The van der Waals surface area contributed by atoms with E-state index >= 15 is 0 Å². The Labute approximate surface area is 218 Å². The van der Waals surface area contributed by atoms with Crippen molar-refractivity contribution in [3.8, 4) is 5.75 Å². The van der Waals surface area contributed by atoms with Crippen molar-refractivity contribution in [2.45, 2.75) is 32.3 Å². The summed E-state index contributed by atoms with van der Waals surface area (Å²) in [5, 5.41) is 5.22. The molecule has 0 unspecified atom stereocenters. The summed E-state index contributed by atoms with van der Waals surface area (Å²) in [5.74, 6) is -1.83. The molecule has 1 fully saturated rings. The number of amides is 4. The van der Waals surface area contributed by atoms with Crippen LogP contribution in [0.25, 0.3) is 0 Å². The fourth-order valence-electron chi connectivity index (χ4n) is 4.29. The van der Waals surface area contributed by atoms with E-state index < -0.39 is 30.0 Å². The molecule has 2 aromatic rings. The number of quaternary nitrogens is 1. The molecular weight excluding hydrogens is 505 g/mol. The highest BCUT2D eigenvalue weighted by molar-refractivity contribution is 6.01. The van der Waals surface area contributed by atoms with Gasteiger partial charge in [0.2, 0.25) is 5.91 Å². The molecule has 0 spiro atoms. The monoisotopic (exact) mass is 537 g/mol. The number of nitrogens with two attached hydrogens (primary N) is 2. The van der Waals surface area contributed by atoms with Gasteiger partial charge in [0.25, 0.3) is 5.91 Å². The third kappa shape index (κ3) is 7.35. The van der Waals surface area contributed by atoms with Crippen LogP contribution in [0.3, 0.4) is 0 Å². The number of carbonyl (C=O) groups excluding carboxylic acids is 3. The van der Waals surface area contributed by atoms with E-state index in [9.17, 15) is 27.6 Å². The number of carbonyl (C=O) groups is 3. The summed E-state index contributed by atoms with van der Waals surface area (Å²) < 4.78 is 41.1. The zero-order chi connectivity index (χ0) is 28.3. The minimum absolute atomic E-state index is 0.0545. The maximum absolute atomic E-state index is 12.5. The molecule has 4 amide bonds. The van der Waals surface area contributed by atoms with Gasteiger partial charge >= 0.3 is 12.4 Å². The molecule has 0 aliphatic carbocycles. The molecular formula is C25H32F3N6O4+. The Kier molecular flexibility index (Phi) is 8.52. The molecule has 1 atom stereocenters. The highest BCUT2D eigenvalue weighted by atomic mass is 19.4. The Hall–Kier alpha value is -3.84. The molecule has 1 heterocycles. The molecule has 10 nitrogen and oxygen atoms in total. The summed E-state index contributed by atoms with van der Waals surface area (Å²) in [7, 11) is 3.46. The van der Waals surface area contributed by atoms with Gasteiger partial charge in [0.1, 0.15) is 11.4 Å². The normalized spacial score (nSPS) is 16.2. The molecule has 2 aromatic carbocycles. The number of hydrogen-bond acceptors (Lipinski definition) is 6. The zero-order valence-corrected chi connectivity index (χ0v) is 21.4. The lowest BCUT2D eigenvalue weighted by molar-refractivity contribution is -0.274. The second-order valence-corrected chi connectivity index (χ2v) is 9.68. The SMILES string of the molecule is Cc1ccc(CN2CC[C@@H](NC(=O)CNC(=O)c3cc(OC(F)(F)F)ccc3N)C2)cc1[N+](C)(C)C(N)=O.